The lowest BCUT2D eigenvalue weighted by Crippen LogP contribution is -2.26. The van der Waals surface area contributed by atoms with Crippen molar-refractivity contribution in [3.8, 4) is 11.5 Å². The SMILES string of the molecule is COc1cc(CCNC(=O)CC(C)C)c(OC)cc1C. The van der Waals surface area contributed by atoms with Crippen molar-refractivity contribution in [2.75, 3.05) is 20.8 Å². The third kappa shape index (κ3) is 4.76. The van der Waals surface area contributed by atoms with E-state index in [1.807, 2.05) is 32.9 Å². The van der Waals surface area contributed by atoms with Gasteiger partial charge in [-0.25, -0.2) is 0 Å². The molecule has 0 saturated heterocycles. The zero-order chi connectivity index (χ0) is 15.1. The van der Waals surface area contributed by atoms with Gasteiger partial charge in [0.2, 0.25) is 5.91 Å². The molecule has 1 rings (SSSR count). The van der Waals surface area contributed by atoms with E-state index in [0.29, 0.717) is 18.9 Å². The molecule has 0 bridgehead atoms. The van der Waals surface area contributed by atoms with E-state index in [4.69, 9.17) is 9.47 Å². The van der Waals surface area contributed by atoms with Crippen molar-refractivity contribution in [3.05, 3.63) is 23.3 Å². The Kier molecular flexibility index (Phi) is 6.36. The number of carbonyl (C=O) groups excluding carboxylic acids is 1. The van der Waals surface area contributed by atoms with E-state index in [1.165, 1.54) is 0 Å². The van der Waals surface area contributed by atoms with Crippen molar-refractivity contribution in [1.82, 2.24) is 5.32 Å². The lowest BCUT2D eigenvalue weighted by Gasteiger charge is -2.13. The molecule has 1 aromatic carbocycles. The molecule has 0 aliphatic rings. The highest BCUT2D eigenvalue weighted by Crippen LogP contribution is 2.28. The van der Waals surface area contributed by atoms with Gasteiger partial charge in [-0.15, -0.1) is 0 Å². The maximum absolute atomic E-state index is 11.6. The van der Waals surface area contributed by atoms with Crippen LogP contribution in [0.5, 0.6) is 11.5 Å². The molecule has 4 nitrogen and oxygen atoms in total. The zero-order valence-electron chi connectivity index (χ0n) is 13.1. The van der Waals surface area contributed by atoms with Crippen molar-refractivity contribution >= 4 is 5.91 Å². The number of hydrogen-bond donors (Lipinski definition) is 1. The molecule has 0 unspecified atom stereocenters. The summed E-state index contributed by atoms with van der Waals surface area (Å²) in [6.45, 7) is 6.66. The average molecular weight is 279 g/mol. The molecule has 0 aromatic heterocycles. The molecule has 1 amide bonds. The smallest absolute Gasteiger partial charge is 0.220 e. The molecule has 0 fully saturated rings. The third-order valence-electron chi connectivity index (χ3n) is 3.11. The first-order chi connectivity index (χ1) is 9.47. The highest BCUT2D eigenvalue weighted by atomic mass is 16.5. The monoisotopic (exact) mass is 279 g/mol. The van der Waals surface area contributed by atoms with Crippen molar-refractivity contribution in [3.63, 3.8) is 0 Å². The fourth-order valence-electron chi connectivity index (χ4n) is 2.09. The summed E-state index contributed by atoms with van der Waals surface area (Å²) >= 11 is 0. The zero-order valence-corrected chi connectivity index (χ0v) is 13.1. The molecule has 0 aliphatic carbocycles. The summed E-state index contributed by atoms with van der Waals surface area (Å²) in [6.07, 6.45) is 1.29. The lowest BCUT2D eigenvalue weighted by atomic mass is 10.1. The van der Waals surface area contributed by atoms with Crippen LogP contribution in [0, 0.1) is 12.8 Å². The predicted octanol–water partition coefficient (Wildman–Crippen LogP) is 2.72. The van der Waals surface area contributed by atoms with Crippen molar-refractivity contribution < 1.29 is 14.3 Å². The van der Waals surface area contributed by atoms with Gasteiger partial charge in [-0.1, -0.05) is 13.8 Å². The number of benzene rings is 1. The van der Waals surface area contributed by atoms with Crippen LogP contribution in [0.4, 0.5) is 0 Å². The van der Waals surface area contributed by atoms with Crippen LogP contribution >= 0.6 is 0 Å². The molecule has 0 saturated carbocycles. The maximum Gasteiger partial charge on any atom is 0.220 e. The van der Waals surface area contributed by atoms with Gasteiger partial charge in [-0.2, -0.15) is 0 Å². The summed E-state index contributed by atoms with van der Waals surface area (Å²) in [5.74, 6) is 2.15. The predicted molar refractivity (Wildman–Crippen MR) is 80.5 cm³/mol. The van der Waals surface area contributed by atoms with Crippen LogP contribution in [-0.2, 0) is 11.2 Å². The minimum atomic E-state index is 0.0954. The number of methoxy groups -OCH3 is 2. The molecule has 1 aromatic rings. The van der Waals surface area contributed by atoms with Crippen LogP contribution in [0.1, 0.15) is 31.4 Å². The normalized spacial score (nSPS) is 10.5. The quantitative estimate of drug-likeness (QED) is 0.835. The van der Waals surface area contributed by atoms with Crippen LogP contribution in [0.25, 0.3) is 0 Å². The van der Waals surface area contributed by atoms with Crippen LogP contribution in [0.2, 0.25) is 0 Å². The van der Waals surface area contributed by atoms with Crippen molar-refractivity contribution in [1.29, 1.82) is 0 Å². The van der Waals surface area contributed by atoms with Crippen molar-refractivity contribution in [2.24, 2.45) is 5.92 Å². The Morgan fingerprint density at radius 2 is 1.85 bits per heavy atom. The van der Waals surface area contributed by atoms with E-state index in [0.717, 1.165) is 29.0 Å². The van der Waals surface area contributed by atoms with Crippen LogP contribution in [-0.4, -0.2) is 26.7 Å². The van der Waals surface area contributed by atoms with Crippen LogP contribution in [0.15, 0.2) is 12.1 Å². The summed E-state index contributed by atoms with van der Waals surface area (Å²) in [5.41, 5.74) is 2.08. The summed E-state index contributed by atoms with van der Waals surface area (Å²) < 4.78 is 10.7. The summed E-state index contributed by atoms with van der Waals surface area (Å²) in [7, 11) is 3.31. The Hall–Kier alpha value is -1.71. The minimum absolute atomic E-state index is 0.0954. The molecular weight excluding hydrogens is 254 g/mol. The number of ether oxygens (including phenoxy) is 2. The van der Waals surface area contributed by atoms with Gasteiger partial charge in [-0.3, -0.25) is 4.79 Å². The fourth-order valence-corrected chi connectivity index (χ4v) is 2.09. The highest BCUT2D eigenvalue weighted by Gasteiger charge is 2.09. The third-order valence-corrected chi connectivity index (χ3v) is 3.11. The summed E-state index contributed by atoms with van der Waals surface area (Å²) in [6, 6.07) is 3.94. The Morgan fingerprint density at radius 3 is 2.40 bits per heavy atom. The molecule has 0 atom stereocenters. The molecule has 4 heteroatoms. The number of hydrogen-bond acceptors (Lipinski definition) is 3. The van der Waals surface area contributed by atoms with Gasteiger partial charge in [0.1, 0.15) is 11.5 Å². The summed E-state index contributed by atoms with van der Waals surface area (Å²) in [4.78, 5) is 11.6. The average Bonchev–Trinajstić information content (AvgIpc) is 2.39. The second kappa shape index (κ2) is 7.78. The van der Waals surface area contributed by atoms with Gasteiger partial charge in [0, 0.05) is 13.0 Å². The minimum Gasteiger partial charge on any atom is -0.496 e. The Balaban J connectivity index is 2.65. The molecule has 1 N–H and O–H groups in total. The first kappa shape index (κ1) is 16.3. The Bertz CT molecular complexity index is 455. The molecular formula is C16H25NO3. The van der Waals surface area contributed by atoms with E-state index in [-0.39, 0.29) is 5.91 Å². The topological polar surface area (TPSA) is 47.6 Å². The number of carbonyl (C=O) groups is 1. The Morgan fingerprint density at radius 1 is 1.20 bits per heavy atom. The molecule has 0 aliphatic heterocycles. The Labute approximate surface area is 121 Å². The molecule has 0 heterocycles. The van der Waals surface area contributed by atoms with Crippen LogP contribution < -0.4 is 14.8 Å². The van der Waals surface area contributed by atoms with Gasteiger partial charge in [0.25, 0.3) is 0 Å². The molecule has 0 spiro atoms. The van der Waals surface area contributed by atoms with E-state index >= 15 is 0 Å². The molecule has 20 heavy (non-hydrogen) atoms. The fraction of sp³-hybridized carbons (Fsp3) is 0.562. The molecule has 0 radical (unpaired) electrons. The number of aryl methyl sites for hydroxylation is 1. The second-order valence-electron chi connectivity index (χ2n) is 5.33. The first-order valence-corrected chi connectivity index (χ1v) is 6.96. The largest absolute Gasteiger partial charge is 0.496 e. The number of rotatable bonds is 7. The first-order valence-electron chi connectivity index (χ1n) is 6.96. The lowest BCUT2D eigenvalue weighted by molar-refractivity contribution is -0.121. The van der Waals surface area contributed by atoms with Crippen molar-refractivity contribution in [2.45, 2.75) is 33.6 Å². The van der Waals surface area contributed by atoms with Crippen LogP contribution in [0.3, 0.4) is 0 Å². The number of nitrogens with one attached hydrogen (secondary N) is 1. The van der Waals surface area contributed by atoms with E-state index in [2.05, 4.69) is 5.32 Å². The van der Waals surface area contributed by atoms with Gasteiger partial charge in [0.05, 0.1) is 14.2 Å². The van der Waals surface area contributed by atoms with Gasteiger partial charge >= 0.3 is 0 Å². The standard InChI is InChI=1S/C16H25NO3/c1-11(2)8-16(18)17-7-6-13-10-14(19-4)12(3)9-15(13)20-5/h9-11H,6-8H2,1-5H3,(H,17,18). The van der Waals surface area contributed by atoms with Gasteiger partial charge in [0.15, 0.2) is 0 Å². The van der Waals surface area contributed by atoms with E-state index in [1.54, 1.807) is 14.2 Å². The summed E-state index contributed by atoms with van der Waals surface area (Å²) in [5, 5.41) is 2.93. The van der Waals surface area contributed by atoms with E-state index < -0.39 is 0 Å². The maximum atomic E-state index is 11.6. The molecule has 112 valence electrons. The van der Waals surface area contributed by atoms with Gasteiger partial charge in [-0.05, 0) is 42.5 Å². The van der Waals surface area contributed by atoms with E-state index in [9.17, 15) is 4.79 Å². The highest BCUT2D eigenvalue weighted by molar-refractivity contribution is 5.76. The van der Waals surface area contributed by atoms with Gasteiger partial charge < -0.3 is 14.8 Å². The second-order valence-corrected chi connectivity index (χ2v) is 5.33. The number of amides is 1.